The number of anilines is 2. The molecule has 0 spiro atoms. The van der Waals surface area contributed by atoms with Gasteiger partial charge in [-0.25, -0.2) is 0 Å². The van der Waals surface area contributed by atoms with Crippen LogP contribution in [0, 0.1) is 21.4 Å². The number of hydrogen-bond acceptors (Lipinski definition) is 5. The van der Waals surface area contributed by atoms with E-state index in [-0.39, 0.29) is 11.6 Å². The van der Waals surface area contributed by atoms with Crippen LogP contribution in [-0.4, -0.2) is 14.5 Å². The van der Waals surface area contributed by atoms with Gasteiger partial charge in [0, 0.05) is 7.05 Å². The van der Waals surface area contributed by atoms with Gasteiger partial charge in [0.1, 0.15) is 6.07 Å². The average Bonchev–Trinajstić information content (AvgIpc) is 2.72. The van der Waals surface area contributed by atoms with Gasteiger partial charge < -0.3 is 15.4 Å². The molecule has 0 aliphatic rings. The first-order valence-corrected chi connectivity index (χ1v) is 5.05. The van der Waals surface area contributed by atoms with Crippen molar-refractivity contribution in [3.05, 3.63) is 46.3 Å². The maximum absolute atomic E-state index is 10.8. The Morgan fingerprint density at radius 3 is 2.89 bits per heavy atom. The molecule has 0 amide bonds. The lowest BCUT2D eigenvalue weighted by Gasteiger charge is -2.07. The summed E-state index contributed by atoms with van der Waals surface area (Å²) < 4.78 is 1.49. The summed E-state index contributed by atoms with van der Waals surface area (Å²) in [5.41, 5.74) is 0.916. The second kappa shape index (κ2) is 4.55. The molecule has 0 fully saturated rings. The second-order valence-electron chi connectivity index (χ2n) is 3.57. The third-order valence-electron chi connectivity index (χ3n) is 2.39. The lowest BCUT2D eigenvalue weighted by Crippen LogP contribution is -2.01. The summed E-state index contributed by atoms with van der Waals surface area (Å²) in [4.78, 5) is 13.9. The van der Waals surface area contributed by atoms with Crippen LogP contribution in [0.4, 0.5) is 17.3 Å². The Morgan fingerprint density at radius 1 is 1.50 bits per heavy atom. The van der Waals surface area contributed by atoms with Crippen LogP contribution in [0.15, 0.2) is 30.6 Å². The number of para-hydroxylation sites is 1. The number of nitrogens with zero attached hydrogens (tertiary/aromatic N) is 4. The van der Waals surface area contributed by atoms with Gasteiger partial charge >= 0.3 is 5.82 Å². The monoisotopic (exact) mass is 243 g/mol. The zero-order chi connectivity index (χ0) is 13.1. The third kappa shape index (κ3) is 1.99. The highest BCUT2D eigenvalue weighted by atomic mass is 16.6. The number of nitro groups is 1. The van der Waals surface area contributed by atoms with Crippen LogP contribution in [0.2, 0.25) is 0 Å². The Kier molecular flexibility index (Phi) is 2.93. The zero-order valence-electron chi connectivity index (χ0n) is 9.49. The van der Waals surface area contributed by atoms with Gasteiger partial charge in [-0.1, -0.05) is 12.1 Å². The molecule has 90 valence electrons. The van der Waals surface area contributed by atoms with Gasteiger partial charge in [0.05, 0.1) is 11.3 Å². The summed E-state index contributed by atoms with van der Waals surface area (Å²) in [6, 6.07) is 8.78. The molecule has 1 aromatic heterocycles. The first-order chi connectivity index (χ1) is 8.63. The van der Waals surface area contributed by atoms with Gasteiger partial charge in [-0.2, -0.15) is 5.26 Å². The minimum absolute atomic E-state index is 0.239. The highest BCUT2D eigenvalue weighted by Crippen LogP contribution is 2.26. The molecule has 0 radical (unpaired) electrons. The number of nitrogens with one attached hydrogen (secondary N) is 1. The number of aryl methyl sites for hydroxylation is 1. The highest BCUT2D eigenvalue weighted by molar-refractivity contribution is 5.68. The molecule has 1 aromatic carbocycles. The molecular weight excluding hydrogens is 234 g/mol. The fraction of sp³-hybridized carbons (Fsp3) is 0.0909. The Bertz CT molecular complexity index is 641. The minimum Gasteiger partial charge on any atom is -0.358 e. The average molecular weight is 243 g/mol. The topological polar surface area (TPSA) is 96.8 Å². The van der Waals surface area contributed by atoms with Gasteiger partial charge in [0.15, 0.2) is 0 Å². The summed E-state index contributed by atoms with van der Waals surface area (Å²) in [5, 5.41) is 22.6. The van der Waals surface area contributed by atoms with E-state index < -0.39 is 4.92 Å². The van der Waals surface area contributed by atoms with E-state index in [1.54, 1.807) is 31.3 Å². The normalized spacial score (nSPS) is 9.78. The number of benzene rings is 1. The summed E-state index contributed by atoms with van der Waals surface area (Å²) in [5.74, 6) is -0.0343. The molecule has 1 heterocycles. The van der Waals surface area contributed by atoms with Crippen LogP contribution in [0.5, 0.6) is 0 Å². The molecule has 7 nitrogen and oxygen atoms in total. The molecular formula is C11H9N5O2. The van der Waals surface area contributed by atoms with E-state index in [0.29, 0.717) is 11.3 Å². The standard InChI is InChI=1S/C11H9N5O2/c1-15-7-13-10(16(17)18)11(15)14-9-5-3-2-4-8(9)6-12/h2-5,7,14H,1H3. The highest BCUT2D eigenvalue weighted by Gasteiger charge is 2.20. The Balaban J connectivity index is 2.43. The van der Waals surface area contributed by atoms with Crippen molar-refractivity contribution < 1.29 is 4.92 Å². The predicted octanol–water partition coefficient (Wildman–Crippen LogP) is 1.94. The fourth-order valence-electron chi connectivity index (χ4n) is 1.51. The van der Waals surface area contributed by atoms with Crippen LogP contribution < -0.4 is 5.32 Å². The van der Waals surface area contributed by atoms with Crippen LogP contribution in [0.25, 0.3) is 0 Å². The van der Waals surface area contributed by atoms with E-state index in [1.807, 2.05) is 6.07 Å². The lowest BCUT2D eigenvalue weighted by atomic mass is 10.2. The van der Waals surface area contributed by atoms with Crippen LogP contribution in [-0.2, 0) is 7.05 Å². The molecule has 0 bridgehead atoms. The molecule has 1 N–H and O–H groups in total. The summed E-state index contributed by atoms with van der Waals surface area (Å²) in [6.45, 7) is 0. The van der Waals surface area contributed by atoms with Gasteiger partial charge in [0.25, 0.3) is 0 Å². The second-order valence-corrected chi connectivity index (χ2v) is 3.57. The smallest absolute Gasteiger partial charge is 0.358 e. The van der Waals surface area contributed by atoms with Crippen molar-refractivity contribution in [1.29, 1.82) is 5.26 Å². The van der Waals surface area contributed by atoms with Gasteiger partial charge in [-0.15, -0.1) is 0 Å². The van der Waals surface area contributed by atoms with E-state index in [2.05, 4.69) is 10.3 Å². The molecule has 2 rings (SSSR count). The molecule has 0 aliphatic heterocycles. The van der Waals surface area contributed by atoms with E-state index in [1.165, 1.54) is 10.9 Å². The third-order valence-corrected chi connectivity index (χ3v) is 2.39. The summed E-state index contributed by atoms with van der Waals surface area (Å²) in [7, 11) is 1.64. The van der Waals surface area contributed by atoms with Crippen molar-refractivity contribution in [3.63, 3.8) is 0 Å². The maximum atomic E-state index is 10.8. The quantitative estimate of drug-likeness (QED) is 0.656. The number of imidazole rings is 1. The SMILES string of the molecule is Cn1cnc([N+](=O)[O-])c1Nc1ccccc1C#N. The molecule has 0 saturated carbocycles. The predicted molar refractivity (Wildman–Crippen MR) is 64.3 cm³/mol. The minimum atomic E-state index is -0.572. The lowest BCUT2D eigenvalue weighted by molar-refractivity contribution is -0.388. The van der Waals surface area contributed by atoms with Crippen molar-refractivity contribution in [2.75, 3.05) is 5.32 Å². The molecule has 0 saturated heterocycles. The van der Waals surface area contributed by atoms with Crippen molar-refractivity contribution in [2.45, 2.75) is 0 Å². The largest absolute Gasteiger partial charge is 0.406 e. The fourth-order valence-corrected chi connectivity index (χ4v) is 1.51. The Hall–Kier alpha value is -2.88. The van der Waals surface area contributed by atoms with Gasteiger partial charge in [0.2, 0.25) is 12.1 Å². The molecule has 18 heavy (non-hydrogen) atoms. The van der Waals surface area contributed by atoms with Crippen molar-refractivity contribution >= 4 is 17.3 Å². The van der Waals surface area contributed by atoms with Crippen molar-refractivity contribution in [2.24, 2.45) is 7.05 Å². The zero-order valence-corrected chi connectivity index (χ0v) is 9.49. The molecule has 0 aliphatic carbocycles. The van der Waals surface area contributed by atoms with Crippen LogP contribution in [0.3, 0.4) is 0 Å². The number of nitriles is 1. The molecule has 2 aromatic rings. The van der Waals surface area contributed by atoms with E-state index in [0.717, 1.165) is 0 Å². The molecule has 0 atom stereocenters. The first-order valence-electron chi connectivity index (χ1n) is 5.05. The number of hydrogen-bond donors (Lipinski definition) is 1. The van der Waals surface area contributed by atoms with Gasteiger partial charge in [-0.05, 0) is 22.0 Å². The Morgan fingerprint density at radius 2 is 2.22 bits per heavy atom. The van der Waals surface area contributed by atoms with Crippen LogP contribution in [0.1, 0.15) is 5.56 Å². The molecule has 0 unspecified atom stereocenters. The first kappa shape index (κ1) is 11.6. The van der Waals surface area contributed by atoms with E-state index >= 15 is 0 Å². The van der Waals surface area contributed by atoms with Gasteiger partial charge in [-0.3, -0.25) is 4.57 Å². The summed E-state index contributed by atoms with van der Waals surface area (Å²) in [6.07, 6.45) is 1.34. The van der Waals surface area contributed by atoms with Crippen LogP contribution >= 0.6 is 0 Å². The molecule has 7 heteroatoms. The van der Waals surface area contributed by atoms with Crippen molar-refractivity contribution in [1.82, 2.24) is 9.55 Å². The summed E-state index contributed by atoms with van der Waals surface area (Å²) >= 11 is 0. The maximum Gasteiger partial charge on any atom is 0.406 e. The Labute approximate surface area is 102 Å². The van der Waals surface area contributed by atoms with Crippen molar-refractivity contribution in [3.8, 4) is 6.07 Å². The number of rotatable bonds is 3. The number of aromatic nitrogens is 2. The van der Waals surface area contributed by atoms with E-state index in [4.69, 9.17) is 5.26 Å². The van der Waals surface area contributed by atoms with E-state index in [9.17, 15) is 10.1 Å².